The van der Waals surface area contributed by atoms with Gasteiger partial charge in [0, 0.05) is 29.7 Å². The van der Waals surface area contributed by atoms with Crippen molar-refractivity contribution in [2.75, 3.05) is 16.5 Å². The number of pyridine rings is 1. The molecule has 0 atom stereocenters. The average molecular weight is 368 g/mol. The molecule has 0 saturated heterocycles. The minimum absolute atomic E-state index is 0.00957. The number of amides is 1. The van der Waals surface area contributed by atoms with Gasteiger partial charge in [-0.3, -0.25) is 9.78 Å². The molecule has 2 N–H and O–H groups in total. The second-order valence-electron chi connectivity index (χ2n) is 5.89. The van der Waals surface area contributed by atoms with E-state index >= 15 is 0 Å². The van der Waals surface area contributed by atoms with E-state index in [1.165, 1.54) is 16.4 Å². The van der Waals surface area contributed by atoms with E-state index in [4.69, 9.17) is 5.84 Å². The molecule has 0 spiro atoms. The van der Waals surface area contributed by atoms with Crippen molar-refractivity contribution in [3.05, 3.63) is 54.9 Å². The molecule has 3 aromatic rings. The van der Waals surface area contributed by atoms with E-state index in [0.717, 1.165) is 11.3 Å². The van der Waals surface area contributed by atoms with Crippen LogP contribution in [0.15, 0.2) is 60.0 Å². The Morgan fingerprint density at radius 3 is 2.50 bits per heavy atom. The third-order valence-electron chi connectivity index (χ3n) is 3.75. The normalized spacial score (nSPS) is 10.9. The van der Waals surface area contributed by atoms with Crippen molar-refractivity contribution in [2.45, 2.75) is 25.0 Å². The molecular formula is C18H20N6OS. The number of carbonyl (C=O) groups excluding carboxylic acids is 1. The van der Waals surface area contributed by atoms with Crippen LogP contribution >= 0.6 is 11.8 Å². The molecule has 0 unspecified atom stereocenters. The second kappa shape index (κ2) is 8.01. The number of benzene rings is 1. The number of carbonyl (C=O) groups is 1. The number of hydrogen-bond donors (Lipinski definition) is 1. The lowest BCUT2D eigenvalue weighted by Crippen LogP contribution is -2.38. The number of para-hydroxylation sites is 1. The molecule has 0 aliphatic rings. The summed E-state index contributed by atoms with van der Waals surface area (Å²) in [5, 5.41) is 8.71. The molecule has 2 aromatic heterocycles. The zero-order valence-corrected chi connectivity index (χ0v) is 15.4. The van der Waals surface area contributed by atoms with Gasteiger partial charge in [-0.05, 0) is 38.1 Å². The number of nitrogens with two attached hydrogens (primary N) is 1. The van der Waals surface area contributed by atoms with Gasteiger partial charge in [-0.25, -0.2) is 4.68 Å². The van der Waals surface area contributed by atoms with Crippen LogP contribution in [-0.2, 0) is 4.79 Å². The Morgan fingerprint density at radius 2 is 1.85 bits per heavy atom. The van der Waals surface area contributed by atoms with Crippen molar-refractivity contribution in [3.63, 3.8) is 0 Å². The Labute approximate surface area is 156 Å². The Balaban J connectivity index is 1.72. The first-order chi connectivity index (χ1) is 12.6. The lowest BCUT2D eigenvalue weighted by Gasteiger charge is -2.26. The van der Waals surface area contributed by atoms with Gasteiger partial charge in [0.15, 0.2) is 5.82 Å². The number of aromatic nitrogens is 4. The number of nitrogens with zero attached hydrogens (tertiary/aromatic N) is 5. The monoisotopic (exact) mass is 368 g/mol. The number of rotatable bonds is 6. The molecule has 3 rings (SSSR count). The topological polar surface area (TPSA) is 89.9 Å². The molecule has 0 saturated carbocycles. The zero-order valence-electron chi connectivity index (χ0n) is 14.6. The highest BCUT2D eigenvalue weighted by Crippen LogP contribution is 2.23. The molecule has 2 heterocycles. The summed E-state index contributed by atoms with van der Waals surface area (Å²) < 4.78 is 1.40. The minimum Gasteiger partial charge on any atom is -0.335 e. The van der Waals surface area contributed by atoms with E-state index in [9.17, 15) is 4.79 Å². The van der Waals surface area contributed by atoms with Gasteiger partial charge >= 0.3 is 0 Å². The van der Waals surface area contributed by atoms with Gasteiger partial charge < -0.3 is 10.7 Å². The van der Waals surface area contributed by atoms with E-state index < -0.39 is 0 Å². The van der Waals surface area contributed by atoms with E-state index in [1.807, 2.05) is 56.3 Å². The first kappa shape index (κ1) is 17.9. The van der Waals surface area contributed by atoms with Crippen molar-refractivity contribution in [1.29, 1.82) is 0 Å². The van der Waals surface area contributed by atoms with Crippen LogP contribution in [0.1, 0.15) is 13.8 Å². The maximum Gasteiger partial charge on any atom is 0.237 e. The largest absolute Gasteiger partial charge is 0.335 e. The number of hydrogen-bond acceptors (Lipinski definition) is 6. The van der Waals surface area contributed by atoms with Crippen molar-refractivity contribution >= 4 is 23.4 Å². The van der Waals surface area contributed by atoms with Crippen LogP contribution in [0.3, 0.4) is 0 Å². The average Bonchev–Trinajstić information content (AvgIpc) is 3.02. The van der Waals surface area contributed by atoms with Crippen LogP contribution in [-0.4, -0.2) is 37.6 Å². The molecular weight excluding hydrogens is 348 g/mol. The maximum atomic E-state index is 12.7. The molecule has 8 heteroatoms. The summed E-state index contributed by atoms with van der Waals surface area (Å²) in [5.74, 6) is 6.84. The number of anilines is 1. The van der Waals surface area contributed by atoms with Gasteiger partial charge in [0.25, 0.3) is 0 Å². The molecule has 26 heavy (non-hydrogen) atoms. The smallest absolute Gasteiger partial charge is 0.237 e. The summed E-state index contributed by atoms with van der Waals surface area (Å²) in [4.78, 5) is 18.5. The molecule has 0 radical (unpaired) electrons. The van der Waals surface area contributed by atoms with E-state index in [0.29, 0.717) is 11.0 Å². The Morgan fingerprint density at radius 1 is 1.15 bits per heavy atom. The van der Waals surface area contributed by atoms with Crippen molar-refractivity contribution in [3.8, 4) is 11.4 Å². The summed E-state index contributed by atoms with van der Waals surface area (Å²) in [5.41, 5.74) is 1.70. The van der Waals surface area contributed by atoms with Crippen LogP contribution in [0.4, 0.5) is 5.69 Å². The molecule has 7 nitrogen and oxygen atoms in total. The van der Waals surface area contributed by atoms with Gasteiger partial charge in [0.05, 0.1) is 5.75 Å². The lowest BCUT2D eigenvalue weighted by molar-refractivity contribution is -0.116. The number of nitrogen functional groups attached to an aromatic ring is 1. The van der Waals surface area contributed by atoms with Crippen molar-refractivity contribution in [1.82, 2.24) is 19.9 Å². The Bertz CT molecular complexity index is 866. The summed E-state index contributed by atoms with van der Waals surface area (Å²) in [6.45, 7) is 3.98. The van der Waals surface area contributed by atoms with Gasteiger partial charge in [0.2, 0.25) is 11.1 Å². The van der Waals surface area contributed by atoms with E-state index in [2.05, 4.69) is 15.2 Å². The van der Waals surface area contributed by atoms with Crippen molar-refractivity contribution < 1.29 is 4.79 Å². The fourth-order valence-electron chi connectivity index (χ4n) is 2.59. The highest BCUT2D eigenvalue weighted by atomic mass is 32.2. The summed E-state index contributed by atoms with van der Waals surface area (Å²) in [6.07, 6.45) is 3.33. The predicted octanol–water partition coefficient (Wildman–Crippen LogP) is 2.59. The Hall–Kier alpha value is -2.87. The van der Waals surface area contributed by atoms with Crippen LogP contribution in [0, 0.1) is 0 Å². The molecule has 1 amide bonds. The van der Waals surface area contributed by atoms with E-state index in [-0.39, 0.29) is 17.7 Å². The number of thioether (sulfide) groups is 1. The molecule has 1 aromatic carbocycles. The van der Waals surface area contributed by atoms with Crippen LogP contribution in [0.2, 0.25) is 0 Å². The Kier molecular flexibility index (Phi) is 5.52. The first-order valence-electron chi connectivity index (χ1n) is 8.18. The first-order valence-corrected chi connectivity index (χ1v) is 9.17. The fraction of sp³-hybridized carbons (Fsp3) is 0.222. The summed E-state index contributed by atoms with van der Waals surface area (Å²) >= 11 is 1.27. The summed E-state index contributed by atoms with van der Waals surface area (Å²) in [6, 6.07) is 13.3. The third kappa shape index (κ3) is 3.85. The molecule has 0 aliphatic carbocycles. The minimum atomic E-state index is -0.00957. The zero-order chi connectivity index (χ0) is 18.5. The van der Waals surface area contributed by atoms with Gasteiger partial charge in [-0.1, -0.05) is 30.0 Å². The maximum absolute atomic E-state index is 12.7. The fourth-order valence-corrected chi connectivity index (χ4v) is 3.30. The van der Waals surface area contributed by atoms with Crippen LogP contribution in [0.25, 0.3) is 11.4 Å². The molecule has 0 bridgehead atoms. The molecule has 0 fully saturated rings. The van der Waals surface area contributed by atoms with Crippen LogP contribution < -0.4 is 10.7 Å². The second-order valence-corrected chi connectivity index (χ2v) is 6.84. The van der Waals surface area contributed by atoms with Gasteiger partial charge in [0.1, 0.15) is 0 Å². The third-order valence-corrected chi connectivity index (χ3v) is 4.68. The lowest BCUT2D eigenvalue weighted by atomic mass is 10.2. The highest BCUT2D eigenvalue weighted by molar-refractivity contribution is 7.99. The molecule has 134 valence electrons. The van der Waals surface area contributed by atoms with Crippen LogP contribution in [0.5, 0.6) is 0 Å². The highest BCUT2D eigenvalue weighted by Gasteiger charge is 2.20. The van der Waals surface area contributed by atoms with Crippen molar-refractivity contribution in [2.24, 2.45) is 0 Å². The van der Waals surface area contributed by atoms with E-state index in [1.54, 1.807) is 17.3 Å². The predicted molar refractivity (Wildman–Crippen MR) is 103 cm³/mol. The molecule has 0 aliphatic heterocycles. The van der Waals surface area contributed by atoms with Gasteiger partial charge in [-0.15, -0.1) is 10.2 Å². The standard InChI is InChI=1S/C18H20N6OS/c1-13(2)23(15-6-4-3-5-7-15)16(25)12-26-18-22-21-17(24(18)19)14-8-10-20-11-9-14/h3-11,13H,12,19H2,1-2H3. The van der Waals surface area contributed by atoms with Gasteiger partial charge in [-0.2, -0.15) is 0 Å². The quantitative estimate of drug-likeness (QED) is 0.531. The summed E-state index contributed by atoms with van der Waals surface area (Å²) in [7, 11) is 0. The SMILES string of the molecule is CC(C)N(C(=O)CSc1nnc(-c2ccncc2)n1N)c1ccccc1.